The molecule has 0 atom stereocenters. The van der Waals surface area contributed by atoms with Gasteiger partial charge in [-0.15, -0.1) is 0 Å². The van der Waals surface area contributed by atoms with Crippen molar-refractivity contribution in [2.24, 2.45) is 0 Å². The minimum atomic E-state index is 0.624. The molecule has 0 spiro atoms. The summed E-state index contributed by atoms with van der Waals surface area (Å²) >= 11 is 0. The number of nitrogens with zero attached hydrogens (tertiary/aromatic N) is 7. The molecule has 12 rings (SSSR count). The van der Waals surface area contributed by atoms with Crippen molar-refractivity contribution in [2.75, 3.05) is 0 Å². The summed E-state index contributed by atoms with van der Waals surface area (Å²) in [7, 11) is 0. The van der Waals surface area contributed by atoms with Gasteiger partial charge in [-0.2, -0.15) is 0 Å². The Balaban J connectivity index is 1.01. The lowest BCUT2D eigenvalue weighted by Crippen LogP contribution is -2.01. The van der Waals surface area contributed by atoms with Gasteiger partial charge in [0.05, 0.1) is 33.1 Å². The second-order valence-electron chi connectivity index (χ2n) is 14.8. The van der Waals surface area contributed by atoms with Gasteiger partial charge in [0.15, 0.2) is 17.5 Å². The summed E-state index contributed by atoms with van der Waals surface area (Å²) in [6.45, 7) is 0. The van der Waals surface area contributed by atoms with Crippen molar-refractivity contribution in [3.05, 3.63) is 200 Å². The maximum atomic E-state index is 5.11. The number of hydrogen-bond donors (Lipinski definition) is 0. The Bertz CT molecular complexity index is 3490. The first-order valence-electron chi connectivity index (χ1n) is 19.7. The van der Waals surface area contributed by atoms with E-state index in [-0.39, 0.29) is 0 Å². The van der Waals surface area contributed by atoms with E-state index in [1.807, 2.05) is 66.7 Å². The topological polar surface area (TPSA) is 65.8 Å². The van der Waals surface area contributed by atoms with Gasteiger partial charge in [0.1, 0.15) is 0 Å². The van der Waals surface area contributed by atoms with Crippen molar-refractivity contribution in [1.82, 2.24) is 33.5 Å². The molecule has 0 unspecified atom stereocenters. The number of rotatable bonds is 6. The monoisotopic (exact) mass is 755 g/mol. The zero-order valence-electron chi connectivity index (χ0n) is 31.7. The van der Waals surface area contributed by atoms with E-state index in [0.717, 1.165) is 78.1 Å². The SMILES string of the molecule is c1ccc(-c2nc(-c3ccccc3)nc(-c3cccc(-n4c5ccccc5c5cc(-c6ccc7c(c6)n6c8ccccc8nc6n7-c6ccccc6)ccc54)c3)n2)cc1. The molecule has 0 saturated carbocycles. The summed E-state index contributed by atoms with van der Waals surface area (Å²) < 4.78 is 6.89. The van der Waals surface area contributed by atoms with Crippen LogP contribution in [0, 0.1) is 0 Å². The number of imidazole rings is 2. The van der Waals surface area contributed by atoms with Crippen LogP contribution in [0.2, 0.25) is 0 Å². The molecular weight excluding hydrogens is 723 g/mol. The van der Waals surface area contributed by atoms with Crippen LogP contribution in [-0.2, 0) is 0 Å². The van der Waals surface area contributed by atoms with E-state index in [1.54, 1.807) is 0 Å². The maximum Gasteiger partial charge on any atom is 0.220 e. The lowest BCUT2D eigenvalue weighted by atomic mass is 10.0. The molecule has 0 bridgehead atoms. The fourth-order valence-corrected chi connectivity index (χ4v) is 8.56. The molecule has 8 aromatic carbocycles. The van der Waals surface area contributed by atoms with E-state index < -0.39 is 0 Å². The van der Waals surface area contributed by atoms with Crippen LogP contribution in [0.5, 0.6) is 0 Å². The molecule has 0 saturated heterocycles. The van der Waals surface area contributed by atoms with E-state index in [2.05, 4.69) is 147 Å². The molecule has 7 heteroatoms. The summed E-state index contributed by atoms with van der Waals surface area (Å²) in [5.41, 5.74) is 13.7. The van der Waals surface area contributed by atoms with Gasteiger partial charge in [0, 0.05) is 38.8 Å². The molecule has 0 aliphatic rings. The summed E-state index contributed by atoms with van der Waals surface area (Å²) in [6, 6.07) is 69.8. The Hall–Kier alpha value is -8.16. The number of hydrogen-bond acceptors (Lipinski definition) is 4. The first kappa shape index (κ1) is 33.0. The first-order chi connectivity index (χ1) is 29.2. The highest BCUT2D eigenvalue weighted by atomic mass is 15.2. The van der Waals surface area contributed by atoms with Crippen LogP contribution in [0.1, 0.15) is 0 Å². The summed E-state index contributed by atoms with van der Waals surface area (Å²) in [4.78, 5) is 20.1. The molecule has 0 fully saturated rings. The molecule has 12 aromatic rings. The van der Waals surface area contributed by atoms with E-state index in [1.165, 1.54) is 10.8 Å². The molecule has 0 aliphatic heterocycles. The highest BCUT2D eigenvalue weighted by molar-refractivity contribution is 6.10. The molecule has 0 amide bonds. The van der Waals surface area contributed by atoms with Crippen LogP contribution in [-0.4, -0.2) is 33.5 Å². The van der Waals surface area contributed by atoms with E-state index in [9.17, 15) is 0 Å². The second kappa shape index (κ2) is 13.2. The fraction of sp³-hybridized carbons (Fsp3) is 0. The Morgan fingerprint density at radius 1 is 0.288 bits per heavy atom. The highest BCUT2D eigenvalue weighted by Gasteiger charge is 2.20. The largest absolute Gasteiger partial charge is 0.309 e. The van der Waals surface area contributed by atoms with Crippen molar-refractivity contribution in [3.8, 4) is 56.7 Å². The Kier molecular flexibility index (Phi) is 7.40. The van der Waals surface area contributed by atoms with E-state index in [0.29, 0.717) is 17.5 Å². The standard InChI is InChI=1S/C52H33N7/c1-4-15-34(16-5-1)49-54-50(35-17-6-2-7-18-35)56-51(55-49)38-19-14-22-40(31-38)57-44-25-12-10-23-41(44)42-32-36(27-29-45(42)57)37-28-30-47-48(33-37)59-46-26-13-11-24-43(46)53-52(59)58(47)39-20-8-3-9-21-39/h1-33H. The molecule has 276 valence electrons. The lowest BCUT2D eigenvalue weighted by molar-refractivity contribution is 1.07. The van der Waals surface area contributed by atoms with Gasteiger partial charge in [0.25, 0.3) is 0 Å². The van der Waals surface area contributed by atoms with Gasteiger partial charge in [-0.1, -0.05) is 133 Å². The van der Waals surface area contributed by atoms with Gasteiger partial charge in [0.2, 0.25) is 5.78 Å². The second-order valence-corrected chi connectivity index (χ2v) is 14.8. The van der Waals surface area contributed by atoms with Gasteiger partial charge < -0.3 is 4.57 Å². The van der Waals surface area contributed by atoms with E-state index >= 15 is 0 Å². The number of aromatic nitrogens is 7. The molecular formula is C52H33N7. The van der Waals surface area contributed by atoms with Crippen molar-refractivity contribution >= 4 is 49.7 Å². The van der Waals surface area contributed by atoms with Crippen LogP contribution in [0.15, 0.2) is 200 Å². The van der Waals surface area contributed by atoms with Gasteiger partial charge in [-0.3, -0.25) is 8.97 Å². The lowest BCUT2D eigenvalue weighted by Gasteiger charge is -2.12. The highest BCUT2D eigenvalue weighted by Crippen LogP contribution is 2.38. The third-order valence-electron chi connectivity index (χ3n) is 11.3. The van der Waals surface area contributed by atoms with Gasteiger partial charge in [-0.05, 0) is 77.9 Å². The summed E-state index contributed by atoms with van der Waals surface area (Å²) in [6.07, 6.45) is 0. The normalized spacial score (nSPS) is 11.7. The quantitative estimate of drug-likeness (QED) is 0.169. The smallest absolute Gasteiger partial charge is 0.220 e. The third-order valence-corrected chi connectivity index (χ3v) is 11.3. The summed E-state index contributed by atoms with van der Waals surface area (Å²) in [5.74, 6) is 2.80. The Morgan fingerprint density at radius 2 is 0.831 bits per heavy atom. The molecule has 59 heavy (non-hydrogen) atoms. The number of fused-ring (bicyclic) bond motifs is 8. The number of para-hydroxylation sites is 4. The van der Waals surface area contributed by atoms with Gasteiger partial charge in [-0.25, -0.2) is 19.9 Å². The molecule has 0 radical (unpaired) electrons. The van der Waals surface area contributed by atoms with Crippen molar-refractivity contribution in [1.29, 1.82) is 0 Å². The third kappa shape index (κ3) is 5.36. The van der Waals surface area contributed by atoms with Crippen LogP contribution >= 0.6 is 0 Å². The minimum Gasteiger partial charge on any atom is -0.309 e. The molecule has 4 heterocycles. The molecule has 4 aromatic heterocycles. The molecule has 0 aliphatic carbocycles. The maximum absolute atomic E-state index is 5.11. The predicted molar refractivity (Wildman–Crippen MR) is 239 cm³/mol. The van der Waals surface area contributed by atoms with Crippen LogP contribution < -0.4 is 0 Å². The van der Waals surface area contributed by atoms with Crippen LogP contribution in [0.4, 0.5) is 0 Å². The minimum absolute atomic E-state index is 0.624. The molecule has 0 N–H and O–H groups in total. The van der Waals surface area contributed by atoms with Gasteiger partial charge >= 0.3 is 0 Å². The van der Waals surface area contributed by atoms with Crippen molar-refractivity contribution < 1.29 is 0 Å². The Labute approximate surface area is 338 Å². The average Bonchev–Trinajstić information content (AvgIpc) is 3.96. The van der Waals surface area contributed by atoms with Crippen LogP contribution in [0.3, 0.4) is 0 Å². The first-order valence-corrected chi connectivity index (χ1v) is 19.7. The van der Waals surface area contributed by atoms with E-state index in [4.69, 9.17) is 19.9 Å². The fourth-order valence-electron chi connectivity index (χ4n) is 8.56. The zero-order valence-corrected chi connectivity index (χ0v) is 31.7. The number of benzene rings is 8. The van der Waals surface area contributed by atoms with Crippen molar-refractivity contribution in [2.45, 2.75) is 0 Å². The average molecular weight is 756 g/mol. The summed E-state index contributed by atoms with van der Waals surface area (Å²) in [5, 5.41) is 2.37. The van der Waals surface area contributed by atoms with Crippen LogP contribution in [0.25, 0.3) is 106 Å². The predicted octanol–water partition coefficient (Wildman–Crippen LogP) is 12.4. The zero-order chi connectivity index (χ0) is 38.9. The molecule has 7 nitrogen and oxygen atoms in total. The Morgan fingerprint density at radius 3 is 1.56 bits per heavy atom. The van der Waals surface area contributed by atoms with Crippen molar-refractivity contribution in [3.63, 3.8) is 0 Å².